The Balaban J connectivity index is 1.34. The number of ether oxygens (including phenoxy) is 1. The molecule has 0 radical (unpaired) electrons. The third-order valence-corrected chi connectivity index (χ3v) is 8.27. The van der Waals surface area contributed by atoms with Gasteiger partial charge >= 0.3 is 5.97 Å². The van der Waals surface area contributed by atoms with Crippen LogP contribution in [-0.4, -0.2) is 42.3 Å². The molecule has 0 saturated heterocycles. The molecule has 5 rings (SSSR count). The zero-order valence-electron chi connectivity index (χ0n) is 19.5. The highest BCUT2D eigenvalue weighted by atomic mass is 32.2. The number of rotatable bonds is 7. The van der Waals surface area contributed by atoms with Crippen molar-refractivity contribution in [3.63, 3.8) is 0 Å². The largest absolute Gasteiger partial charge is 0.464 e. The second-order valence-corrected chi connectivity index (χ2v) is 10.9. The molecule has 2 aromatic heterocycles. The minimum absolute atomic E-state index is 0.00228. The number of nitrogens with zero attached hydrogens (tertiary/aromatic N) is 3. The number of sulfonamides is 1. The lowest BCUT2D eigenvalue weighted by Gasteiger charge is -2.11. The Labute approximate surface area is 198 Å². The van der Waals surface area contributed by atoms with Crippen molar-refractivity contribution in [2.75, 3.05) is 14.1 Å². The number of carbonyl (C=O) groups is 1. The van der Waals surface area contributed by atoms with E-state index < -0.39 is 10.0 Å². The summed E-state index contributed by atoms with van der Waals surface area (Å²) in [5.74, 6) is 0.203. The van der Waals surface area contributed by atoms with Gasteiger partial charge in [0.05, 0.1) is 28.6 Å². The van der Waals surface area contributed by atoms with Gasteiger partial charge in [0, 0.05) is 31.6 Å². The van der Waals surface area contributed by atoms with Gasteiger partial charge in [-0.2, -0.15) is 0 Å². The van der Waals surface area contributed by atoms with Crippen LogP contribution in [0.2, 0.25) is 0 Å². The topological polar surface area (TPSA) is 94.6 Å². The van der Waals surface area contributed by atoms with E-state index in [4.69, 9.17) is 9.15 Å². The van der Waals surface area contributed by atoms with Gasteiger partial charge in [-0.1, -0.05) is 0 Å². The Hall–Kier alpha value is -3.17. The van der Waals surface area contributed by atoms with E-state index in [1.54, 1.807) is 24.5 Å². The molecule has 178 valence electrons. The molecule has 0 atom stereocenters. The first-order chi connectivity index (χ1) is 16.3. The first-order valence-electron chi connectivity index (χ1n) is 11.4. The molecule has 34 heavy (non-hydrogen) atoms. The maximum atomic E-state index is 12.7. The first-order valence-corrected chi connectivity index (χ1v) is 12.8. The molecule has 2 heterocycles. The molecule has 4 aromatic rings. The van der Waals surface area contributed by atoms with Crippen LogP contribution in [0, 0.1) is 0 Å². The number of fused-ring (bicyclic) bond motifs is 3. The lowest BCUT2D eigenvalue weighted by Crippen LogP contribution is -2.22. The van der Waals surface area contributed by atoms with Crippen LogP contribution in [0.5, 0.6) is 0 Å². The van der Waals surface area contributed by atoms with Crippen LogP contribution in [0.25, 0.3) is 22.0 Å². The Morgan fingerprint density at radius 3 is 2.68 bits per heavy atom. The fourth-order valence-electron chi connectivity index (χ4n) is 4.63. The van der Waals surface area contributed by atoms with Crippen LogP contribution >= 0.6 is 0 Å². The summed E-state index contributed by atoms with van der Waals surface area (Å²) < 4.78 is 39.3. The van der Waals surface area contributed by atoms with Crippen LogP contribution in [0.1, 0.15) is 35.9 Å². The maximum absolute atomic E-state index is 12.7. The highest BCUT2D eigenvalue weighted by molar-refractivity contribution is 7.89. The lowest BCUT2D eigenvalue weighted by atomic mass is 10.0. The Morgan fingerprint density at radius 2 is 1.94 bits per heavy atom. The molecule has 0 fully saturated rings. The number of aromatic nitrogens is 2. The van der Waals surface area contributed by atoms with Gasteiger partial charge in [-0.05, 0) is 67.6 Å². The average molecular weight is 482 g/mol. The monoisotopic (exact) mass is 481 g/mol. The van der Waals surface area contributed by atoms with E-state index in [1.807, 2.05) is 11.5 Å². The number of hydrogen-bond donors (Lipinski definition) is 0. The first kappa shape index (κ1) is 22.6. The molecule has 1 aliphatic carbocycles. The number of hydrogen-bond acceptors (Lipinski definition) is 6. The summed E-state index contributed by atoms with van der Waals surface area (Å²) in [6.07, 6.45) is 5.04. The van der Waals surface area contributed by atoms with Gasteiger partial charge in [-0.3, -0.25) is 4.79 Å². The van der Waals surface area contributed by atoms with Crippen molar-refractivity contribution in [2.45, 2.75) is 50.7 Å². The van der Waals surface area contributed by atoms with Gasteiger partial charge in [0.25, 0.3) is 0 Å². The summed E-state index contributed by atoms with van der Waals surface area (Å²) >= 11 is 0. The van der Waals surface area contributed by atoms with E-state index in [0.29, 0.717) is 17.9 Å². The van der Waals surface area contributed by atoms with Gasteiger partial charge in [0.1, 0.15) is 18.0 Å². The highest BCUT2D eigenvalue weighted by Crippen LogP contribution is 2.31. The standard InChI is InChI=1S/C25H27N3O5S/c1-4-28-22-9-8-19(34(30,31)27(2)3)13-21(22)26-24(28)15-33-25(29)12-18-14-32-23-11-17-7-5-6-16(17)10-20(18)23/h8-11,13-14H,4-7,12,15H2,1-3H3. The van der Waals surface area contributed by atoms with Crippen LogP contribution in [-0.2, 0) is 52.0 Å². The molecule has 1 aliphatic rings. The number of esters is 1. The SMILES string of the molecule is CCn1c(COC(=O)Cc2coc3cc4c(cc23)CCC4)nc2cc(S(=O)(=O)N(C)C)ccc21. The second-order valence-electron chi connectivity index (χ2n) is 8.78. The zero-order chi connectivity index (χ0) is 24.0. The van der Waals surface area contributed by atoms with Crippen molar-refractivity contribution in [1.29, 1.82) is 0 Å². The summed E-state index contributed by atoms with van der Waals surface area (Å²) in [4.78, 5) is 17.4. The van der Waals surface area contributed by atoms with Gasteiger partial charge in [-0.25, -0.2) is 17.7 Å². The highest BCUT2D eigenvalue weighted by Gasteiger charge is 2.21. The van der Waals surface area contributed by atoms with E-state index in [1.165, 1.54) is 29.5 Å². The molecule has 9 heteroatoms. The number of aryl methyl sites for hydroxylation is 3. The van der Waals surface area contributed by atoms with E-state index in [9.17, 15) is 13.2 Å². The summed E-state index contributed by atoms with van der Waals surface area (Å²) in [7, 11) is -0.582. The Bertz CT molecular complexity index is 1510. The zero-order valence-corrected chi connectivity index (χ0v) is 20.3. The van der Waals surface area contributed by atoms with Gasteiger partial charge in [0.2, 0.25) is 10.0 Å². The van der Waals surface area contributed by atoms with E-state index >= 15 is 0 Å². The maximum Gasteiger partial charge on any atom is 0.310 e. The molecule has 0 bridgehead atoms. The molecule has 2 aromatic carbocycles. The number of benzene rings is 2. The molecule has 0 unspecified atom stereocenters. The third kappa shape index (κ3) is 3.88. The van der Waals surface area contributed by atoms with Crippen LogP contribution < -0.4 is 0 Å². The number of furan rings is 1. The summed E-state index contributed by atoms with van der Waals surface area (Å²) in [6.45, 7) is 2.58. The Morgan fingerprint density at radius 1 is 1.18 bits per heavy atom. The van der Waals surface area contributed by atoms with Gasteiger partial charge < -0.3 is 13.7 Å². The minimum atomic E-state index is -3.57. The third-order valence-electron chi connectivity index (χ3n) is 6.46. The molecule has 0 spiro atoms. The Kier molecular flexibility index (Phi) is 5.69. The fourth-order valence-corrected chi connectivity index (χ4v) is 5.55. The minimum Gasteiger partial charge on any atom is -0.464 e. The number of imidazole rings is 1. The number of carbonyl (C=O) groups excluding carboxylic acids is 1. The molecule has 8 nitrogen and oxygen atoms in total. The molecular weight excluding hydrogens is 454 g/mol. The molecule has 0 N–H and O–H groups in total. The lowest BCUT2D eigenvalue weighted by molar-refractivity contribution is -0.144. The van der Waals surface area contributed by atoms with Crippen molar-refractivity contribution in [3.8, 4) is 0 Å². The van der Waals surface area contributed by atoms with Crippen molar-refractivity contribution < 1.29 is 22.4 Å². The van der Waals surface area contributed by atoms with Crippen LogP contribution in [0.15, 0.2) is 45.9 Å². The van der Waals surface area contributed by atoms with Gasteiger partial charge in [-0.15, -0.1) is 0 Å². The van der Waals surface area contributed by atoms with Gasteiger partial charge in [0.15, 0.2) is 0 Å². The molecule has 0 amide bonds. The van der Waals surface area contributed by atoms with Crippen molar-refractivity contribution >= 4 is 38.0 Å². The molecule has 0 aliphatic heterocycles. The van der Waals surface area contributed by atoms with Crippen molar-refractivity contribution in [3.05, 3.63) is 59.1 Å². The van der Waals surface area contributed by atoms with Crippen LogP contribution in [0.3, 0.4) is 0 Å². The van der Waals surface area contributed by atoms with E-state index in [-0.39, 0.29) is 23.9 Å². The predicted molar refractivity (Wildman–Crippen MR) is 128 cm³/mol. The van der Waals surface area contributed by atoms with Crippen molar-refractivity contribution in [2.24, 2.45) is 0 Å². The normalized spacial score (nSPS) is 13.8. The fraction of sp³-hybridized carbons (Fsp3) is 0.360. The quantitative estimate of drug-likeness (QED) is 0.373. The predicted octanol–water partition coefficient (Wildman–Crippen LogP) is 3.83. The average Bonchev–Trinajstić information content (AvgIpc) is 3.52. The van der Waals surface area contributed by atoms with Crippen molar-refractivity contribution in [1.82, 2.24) is 13.9 Å². The smallest absolute Gasteiger partial charge is 0.310 e. The summed E-state index contributed by atoms with van der Waals surface area (Å²) in [6, 6.07) is 9.09. The van der Waals surface area contributed by atoms with Crippen LogP contribution in [0.4, 0.5) is 0 Å². The van der Waals surface area contributed by atoms with E-state index in [2.05, 4.69) is 17.1 Å². The summed E-state index contributed by atoms with van der Waals surface area (Å²) in [5.41, 5.74) is 5.62. The van der Waals surface area contributed by atoms with E-state index in [0.717, 1.165) is 41.3 Å². The summed E-state index contributed by atoms with van der Waals surface area (Å²) in [5, 5.41) is 0.966. The second kappa shape index (κ2) is 8.56. The molecular formula is C25H27N3O5S. The molecule has 0 saturated carbocycles.